The molecule has 3 aromatic heterocycles. The Bertz CT molecular complexity index is 1180. The highest BCUT2D eigenvalue weighted by atomic mass is 32.1. The molecule has 148 valence electrons. The summed E-state index contributed by atoms with van der Waals surface area (Å²) in [5.74, 6) is -0.0428. The monoisotopic (exact) mass is 425 g/mol. The minimum Gasteiger partial charge on any atom is -0.313 e. The molecular formula is C20H19N5O2S2. The van der Waals surface area contributed by atoms with Crippen LogP contribution in [0.1, 0.15) is 27.0 Å². The maximum absolute atomic E-state index is 12.6. The number of benzene rings is 1. The summed E-state index contributed by atoms with van der Waals surface area (Å²) >= 11 is 2.91. The second kappa shape index (κ2) is 8.14. The average molecular weight is 426 g/mol. The van der Waals surface area contributed by atoms with Crippen LogP contribution in [0.2, 0.25) is 0 Å². The van der Waals surface area contributed by atoms with Crippen LogP contribution in [0.5, 0.6) is 0 Å². The van der Waals surface area contributed by atoms with Crippen molar-refractivity contribution in [2.24, 2.45) is 0 Å². The smallest absolute Gasteiger partial charge is 0.279 e. The number of nitrogens with one attached hydrogen (secondary N) is 2. The number of carbonyl (C=O) groups excluding carboxylic acids is 2. The molecule has 0 saturated heterocycles. The normalized spacial score (nSPS) is 11.0. The van der Waals surface area contributed by atoms with Gasteiger partial charge in [0.1, 0.15) is 12.2 Å². The van der Waals surface area contributed by atoms with Gasteiger partial charge in [0.15, 0.2) is 5.82 Å². The molecule has 4 rings (SSSR count). The zero-order valence-corrected chi connectivity index (χ0v) is 17.6. The number of rotatable bonds is 5. The number of fused-ring (bicyclic) bond motifs is 1. The first-order valence-corrected chi connectivity index (χ1v) is 10.8. The van der Waals surface area contributed by atoms with Crippen molar-refractivity contribution in [2.75, 3.05) is 0 Å². The number of thiophene rings is 1. The average Bonchev–Trinajstić information content (AvgIpc) is 3.45. The molecule has 3 heterocycles. The lowest BCUT2D eigenvalue weighted by Crippen LogP contribution is -2.43. The molecule has 4 aromatic rings. The van der Waals surface area contributed by atoms with Crippen LogP contribution in [-0.4, -0.2) is 26.3 Å². The number of hydrogen-bond acceptors (Lipinski definition) is 6. The number of thiazole rings is 1. The molecule has 0 radical (unpaired) electrons. The lowest BCUT2D eigenvalue weighted by atomic mass is 10.2. The number of carbonyl (C=O) groups is 2. The van der Waals surface area contributed by atoms with Gasteiger partial charge in [-0.1, -0.05) is 19.1 Å². The maximum Gasteiger partial charge on any atom is 0.279 e. The number of hydrazine groups is 1. The van der Waals surface area contributed by atoms with Crippen molar-refractivity contribution in [2.45, 2.75) is 26.8 Å². The van der Waals surface area contributed by atoms with E-state index < -0.39 is 0 Å². The van der Waals surface area contributed by atoms with E-state index in [4.69, 9.17) is 0 Å². The first-order chi connectivity index (χ1) is 14.1. The summed E-state index contributed by atoms with van der Waals surface area (Å²) in [4.78, 5) is 35.6. The fourth-order valence-electron chi connectivity index (χ4n) is 3.11. The van der Waals surface area contributed by atoms with Gasteiger partial charge in [0.2, 0.25) is 0 Å². The van der Waals surface area contributed by atoms with Gasteiger partial charge < -0.3 is 4.57 Å². The van der Waals surface area contributed by atoms with Crippen molar-refractivity contribution >= 4 is 45.5 Å². The topological polar surface area (TPSA) is 88.9 Å². The van der Waals surface area contributed by atoms with Gasteiger partial charge in [-0.25, -0.2) is 9.97 Å². The molecule has 2 amide bonds. The summed E-state index contributed by atoms with van der Waals surface area (Å²) < 4.78 is 1.80. The molecule has 0 bridgehead atoms. The molecule has 1 aromatic carbocycles. The van der Waals surface area contributed by atoms with Crippen molar-refractivity contribution in [1.29, 1.82) is 0 Å². The van der Waals surface area contributed by atoms with Crippen LogP contribution in [0.15, 0.2) is 41.2 Å². The lowest BCUT2D eigenvalue weighted by molar-refractivity contribution is -0.122. The predicted molar refractivity (Wildman–Crippen MR) is 115 cm³/mol. The minimum atomic E-state index is -0.345. The summed E-state index contributed by atoms with van der Waals surface area (Å²) in [6.45, 7) is 4.05. The summed E-state index contributed by atoms with van der Waals surface area (Å²) in [7, 11) is 0. The third kappa shape index (κ3) is 3.92. The fraction of sp³-hybridized carbons (Fsp3) is 0.200. The van der Waals surface area contributed by atoms with Gasteiger partial charge in [-0.15, -0.1) is 22.7 Å². The van der Waals surface area contributed by atoms with Gasteiger partial charge in [0, 0.05) is 10.3 Å². The van der Waals surface area contributed by atoms with Gasteiger partial charge in [-0.05, 0) is 37.1 Å². The van der Waals surface area contributed by atoms with Crippen molar-refractivity contribution < 1.29 is 9.59 Å². The van der Waals surface area contributed by atoms with Crippen molar-refractivity contribution in [3.63, 3.8) is 0 Å². The highest BCUT2D eigenvalue weighted by Crippen LogP contribution is 2.25. The van der Waals surface area contributed by atoms with E-state index in [0.717, 1.165) is 23.0 Å². The second-order valence-corrected chi connectivity index (χ2v) is 8.31. The van der Waals surface area contributed by atoms with Crippen LogP contribution in [-0.2, 0) is 17.8 Å². The van der Waals surface area contributed by atoms with E-state index >= 15 is 0 Å². The van der Waals surface area contributed by atoms with E-state index in [1.54, 1.807) is 10.1 Å². The van der Waals surface area contributed by atoms with E-state index in [1.807, 2.05) is 42.6 Å². The van der Waals surface area contributed by atoms with Gasteiger partial charge >= 0.3 is 0 Å². The minimum absolute atomic E-state index is 0.0112. The number of amides is 2. The third-order valence-corrected chi connectivity index (χ3v) is 6.47. The van der Waals surface area contributed by atoms with Crippen molar-refractivity contribution in [1.82, 2.24) is 25.4 Å². The van der Waals surface area contributed by atoms with Gasteiger partial charge in [-0.3, -0.25) is 20.4 Å². The van der Waals surface area contributed by atoms with Crippen LogP contribution in [0, 0.1) is 6.92 Å². The lowest BCUT2D eigenvalue weighted by Gasteiger charge is -2.09. The quantitative estimate of drug-likeness (QED) is 0.479. The first-order valence-electron chi connectivity index (χ1n) is 9.09. The highest BCUT2D eigenvalue weighted by molar-refractivity contribution is 7.14. The van der Waals surface area contributed by atoms with Gasteiger partial charge in [0.05, 0.1) is 21.4 Å². The molecule has 0 unspecified atom stereocenters. The third-order valence-electron chi connectivity index (χ3n) is 4.50. The molecule has 2 N–H and O–H groups in total. The largest absolute Gasteiger partial charge is 0.313 e. The van der Waals surface area contributed by atoms with Crippen molar-refractivity contribution in [3.8, 4) is 11.5 Å². The zero-order valence-electron chi connectivity index (χ0n) is 15.9. The number of imidazole rings is 1. The summed E-state index contributed by atoms with van der Waals surface area (Å²) in [6, 6.07) is 9.44. The van der Waals surface area contributed by atoms with E-state index in [-0.39, 0.29) is 18.4 Å². The van der Waals surface area contributed by atoms with Gasteiger partial charge in [-0.2, -0.15) is 0 Å². The second-order valence-electron chi connectivity index (χ2n) is 6.46. The standard InChI is InChI=1S/C20H19N5O2S2/c1-3-16-12(2)8-17(29-16)20(27)24-23-18(26)9-25-15-7-5-4-6-13(15)22-19(25)14-10-28-11-21-14/h4-8,10-11H,3,9H2,1-2H3,(H,23,26)(H,24,27). The molecule has 0 atom stereocenters. The van der Waals surface area contributed by atoms with Crippen molar-refractivity contribution in [3.05, 3.63) is 56.5 Å². The Labute approximate surface area is 175 Å². The molecule has 9 heteroatoms. The van der Waals surface area contributed by atoms with Crippen LogP contribution in [0.25, 0.3) is 22.6 Å². The summed E-state index contributed by atoms with van der Waals surface area (Å²) in [6.07, 6.45) is 0.878. The van der Waals surface area contributed by atoms with Crippen LogP contribution >= 0.6 is 22.7 Å². The van der Waals surface area contributed by atoms with E-state index in [2.05, 4.69) is 27.7 Å². The predicted octanol–water partition coefficient (Wildman–Crippen LogP) is 3.55. The molecule has 0 fully saturated rings. The molecule has 0 saturated carbocycles. The maximum atomic E-state index is 12.6. The number of nitrogens with zero attached hydrogens (tertiary/aromatic N) is 3. The Morgan fingerprint density at radius 2 is 2.03 bits per heavy atom. The molecule has 29 heavy (non-hydrogen) atoms. The molecule has 0 aliphatic heterocycles. The van der Waals surface area contributed by atoms with Crippen LogP contribution in [0.4, 0.5) is 0 Å². The first kappa shape index (κ1) is 19.3. The van der Waals surface area contributed by atoms with E-state index in [0.29, 0.717) is 16.4 Å². The Hall–Kier alpha value is -3.04. The Kier molecular flexibility index (Phi) is 5.41. The van der Waals surface area contributed by atoms with Crippen LogP contribution in [0.3, 0.4) is 0 Å². The summed E-state index contributed by atoms with van der Waals surface area (Å²) in [5, 5.41) is 1.89. The Morgan fingerprint density at radius 1 is 1.21 bits per heavy atom. The Morgan fingerprint density at radius 3 is 2.76 bits per heavy atom. The van der Waals surface area contributed by atoms with E-state index in [9.17, 15) is 9.59 Å². The number of para-hydroxylation sites is 2. The number of hydrogen-bond donors (Lipinski definition) is 2. The van der Waals surface area contributed by atoms with Gasteiger partial charge in [0.25, 0.3) is 11.8 Å². The van der Waals surface area contributed by atoms with E-state index in [1.165, 1.54) is 27.6 Å². The van der Waals surface area contributed by atoms with Crippen LogP contribution < -0.4 is 10.9 Å². The number of aromatic nitrogens is 3. The molecule has 7 nitrogen and oxygen atoms in total. The highest BCUT2D eigenvalue weighted by Gasteiger charge is 2.17. The molecule has 0 aliphatic rings. The molecular weight excluding hydrogens is 406 g/mol. The zero-order chi connectivity index (χ0) is 20.4. The SMILES string of the molecule is CCc1sc(C(=O)NNC(=O)Cn2c(-c3cscn3)nc3ccccc32)cc1C. The Balaban J connectivity index is 1.50. The molecule has 0 spiro atoms. The molecule has 0 aliphatic carbocycles. The summed E-state index contributed by atoms with van der Waals surface area (Å²) in [5.41, 5.74) is 10.2. The fourth-order valence-corrected chi connectivity index (χ4v) is 4.65. The number of aryl methyl sites for hydroxylation is 2.